The van der Waals surface area contributed by atoms with E-state index < -0.39 is 17.8 Å². The van der Waals surface area contributed by atoms with Crippen LogP contribution in [0.4, 0.5) is 15.8 Å². The van der Waals surface area contributed by atoms with Crippen molar-refractivity contribution in [2.75, 3.05) is 29.9 Å². The van der Waals surface area contributed by atoms with Crippen molar-refractivity contribution in [3.05, 3.63) is 58.9 Å². The Balaban J connectivity index is 1.82. The molecular formula is C18H17ClFN3O3. The third-order valence-corrected chi connectivity index (χ3v) is 4.28. The second-order valence-corrected chi connectivity index (χ2v) is 6.23. The number of aliphatic hydroxyl groups excluding tert-OH is 1. The maximum Gasteiger partial charge on any atom is 0.258 e. The number of para-hydroxylation sites is 2. The summed E-state index contributed by atoms with van der Waals surface area (Å²) in [6.07, 6.45) is -1.71. The van der Waals surface area contributed by atoms with Crippen molar-refractivity contribution < 1.29 is 19.1 Å². The van der Waals surface area contributed by atoms with Gasteiger partial charge in [0.2, 0.25) is 5.91 Å². The molecule has 1 heterocycles. The Labute approximate surface area is 154 Å². The topological polar surface area (TPSA) is 81.7 Å². The van der Waals surface area contributed by atoms with Crippen molar-refractivity contribution in [2.45, 2.75) is 6.10 Å². The number of benzene rings is 2. The summed E-state index contributed by atoms with van der Waals surface area (Å²) in [4.78, 5) is 26.1. The highest BCUT2D eigenvalue weighted by molar-refractivity contribution is 6.30. The molecule has 0 radical (unpaired) electrons. The Morgan fingerprint density at radius 3 is 2.81 bits per heavy atom. The van der Waals surface area contributed by atoms with Gasteiger partial charge in [0, 0.05) is 23.7 Å². The summed E-state index contributed by atoms with van der Waals surface area (Å²) in [7, 11) is 0. The predicted octanol–water partition coefficient (Wildman–Crippen LogP) is 2.09. The zero-order valence-electron chi connectivity index (χ0n) is 13.7. The summed E-state index contributed by atoms with van der Waals surface area (Å²) in [6, 6.07) is 10.4. The molecule has 8 heteroatoms. The lowest BCUT2D eigenvalue weighted by molar-refractivity contribution is -0.124. The van der Waals surface area contributed by atoms with E-state index in [2.05, 4.69) is 10.6 Å². The Hall–Kier alpha value is -2.48. The fourth-order valence-electron chi connectivity index (χ4n) is 2.74. The van der Waals surface area contributed by atoms with E-state index in [1.165, 1.54) is 12.1 Å². The fraction of sp³-hybridized carbons (Fsp3) is 0.222. The number of hydrogen-bond acceptors (Lipinski definition) is 4. The van der Waals surface area contributed by atoms with Gasteiger partial charge < -0.3 is 20.6 Å². The number of aliphatic hydroxyl groups is 1. The summed E-state index contributed by atoms with van der Waals surface area (Å²) in [6.45, 7) is 1.30. The summed E-state index contributed by atoms with van der Waals surface area (Å²) in [5, 5.41) is 15.9. The molecule has 1 aliphatic rings. The van der Waals surface area contributed by atoms with Gasteiger partial charge in [-0.2, -0.15) is 0 Å². The molecule has 0 aliphatic carbocycles. The molecule has 2 aromatic carbocycles. The maximum absolute atomic E-state index is 13.9. The highest BCUT2D eigenvalue weighted by Crippen LogP contribution is 2.28. The van der Waals surface area contributed by atoms with Crippen molar-refractivity contribution in [1.29, 1.82) is 0 Å². The van der Waals surface area contributed by atoms with Crippen LogP contribution >= 0.6 is 11.6 Å². The SMILES string of the molecule is O=C(Nc1ccccc1N1CCNCC1=O)C(O)c1ccc(Cl)cc1F. The van der Waals surface area contributed by atoms with E-state index in [1.54, 1.807) is 29.2 Å². The van der Waals surface area contributed by atoms with Crippen LogP contribution in [0, 0.1) is 5.82 Å². The molecule has 26 heavy (non-hydrogen) atoms. The average Bonchev–Trinajstić information content (AvgIpc) is 2.62. The molecule has 1 atom stereocenters. The normalized spacial score (nSPS) is 15.7. The minimum absolute atomic E-state index is 0.123. The smallest absolute Gasteiger partial charge is 0.258 e. The molecule has 1 fully saturated rings. The summed E-state index contributed by atoms with van der Waals surface area (Å²) >= 11 is 5.69. The van der Waals surface area contributed by atoms with Gasteiger partial charge in [0.25, 0.3) is 5.91 Å². The Morgan fingerprint density at radius 2 is 2.08 bits per heavy atom. The Kier molecular flexibility index (Phi) is 5.51. The van der Waals surface area contributed by atoms with Crippen molar-refractivity contribution in [3.8, 4) is 0 Å². The molecule has 1 unspecified atom stereocenters. The third-order valence-electron chi connectivity index (χ3n) is 4.05. The van der Waals surface area contributed by atoms with Crippen LogP contribution in [0.1, 0.15) is 11.7 Å². The predicted molar refractivity (Wildman–Crippen MR) is 96.7 cm³/mol. The van der Waals surface area contributed by atoms with Gasteiger partial charge in [-0.1, -0.05) is 29.8 Å². The molecule has 0 saturated carbocycles. The summed E-state index contributed by atoms with van der Waals surface area (Å²) in [5.41, 5.74) is 0.708. The number of halogens is 2. The summed E-state index contributed by atoms with van der Waals surface area (Å²) in [5.74, 6) is -1.70. The zero-order valence-corrected chi connectivity index (χ0v) is 14.5. The Morgan fingerprint density at radius 1 is 1.31 bits per heavy atom. The average molecular weight is 378 g/mol. The number of anilines is 2. The number of nitrogens with one attached hydrogen (secondary N) is 2. The first-order valence-corrected chi connectivity index (χ1v) is 8.39. The van der Waals surface area contributed by atoms with Crippen LogP contribution in [0.25, 0.3) is 0 Å². The van der Waals surface area contributed by atoms with E-state index in [9.17, 15) is 19.1 Å². The minimum atomic E-state index is -1.71. The van der Waals surface area contributed by atoms with Crippen molar-refractivity contribution >= 4 is 34.8 Å². The molecule has 0 bridgehead atoms. The molecule has 6 nitrogen and oxygen atoms in total. The van der Waals surface area contributed by atoms with Gasteiger partial charge in [0.15, 0.2) is 6.10 Å². The van der Waals surface area contributed by atoms with E-state index in [1.807, 2.05) is 0 Å². The molecular weight excluding hydrogens is 361 g/mol. The lowest BCUT2D eigenvalue weighted by atomic mass is 10.1. The van der Waals surface area contributed by atoms with Gasteiger partial charge in [0.05, 0.1) is 17.9 Å². The van der Waals surface area contributed by atoms with Gasteiger partial charge in [-0.15, -0.1) is 0 Å². The lowest BCUT2D eigenvalue weighted by Crippen LogP contribution is -2.48. The largest absolute Gasteiger partial charge is 0.378 e. The van der Waals surface area contributed by atoms with Crippen LogP contribution < -0.4 is 15.5 Å². The van der Waals surface area contributed by atoms with Gasteiger partial charge in [-0.05, 0) is 24.3 Å². The standard InChI is InChI=1S/C18H17ClFN3O3/c19-11-5-6-12(13(20)9-11)17(25)18(26)22-14-3-1-2-4-15(14)23-8-7-21-10-16(23)24/h1-6,9,17,21,25H,7-8,10H2,(H,22,26). The molecule has 2 amide bonds. The molecule has 136 valence electrons. The second kappa shape index (κ2) is 7.82. The second-order valence-electron chi connectivity index (χ2n) is 5.80. The molecule has 1 saturated heterocycles. The Bertz CT molecular complexity index is 846. The molecule has 3 N–H and O–H groups in total. The zero-order chi connectivity index (χ0) is 18.7. The van der Waals surface area contributed by atoms with E-state index in [4.69, 9.17) is 11.6 Å². The van der Waals surface area contributed by atoms with Crippen LogP contribution in [-0.4, -0.2) is 36.6 Å². The molecule has 1 aliphatic heterocycles. The quantitative estimate of drug-likeness (QED) is 0.762. The number of rotatable bonds is 4. The molecule has 0 aromatic heterocycles. The lowest BCUT2D eigenvalue weighted by Gasteiger charge is -2.29. The third kappa shape index (κ3) is 3.85. The number of nitrogens with zero attached hydrogens (tertiary/aromatic N) is 1. The van der Waals surface area contributed by atoms with E-state index in [0.29, 0.717) is 24.5 Å². The highest BCUT2D eigenvalue weighted by atomic mass is 35.5. The van der Waals surface area contributed by atoms with Crippen LogP contribution in [0.3, 0.4) is 0 Å². The number of carbonyl (C=O) groups excluding carboxylic acids is 2. The number of hydrogen-bond donors (Lipinski definition) is 3. The van der Waals surface area contributed by atoms with Crippen LogP contribution in [0.15, 0.2) is 42.5 Å². The van der Waals surface area contributed by atoms with Crippen LogP contribution in [-0.2, 0) is 9.59 Å². The monoisotopic (exact) mass is 377 g/mol. The number of carbonyl (C=O) groups is 2. The summed E-state index contributed by atoms with van der Waals surface area (Å²) < 4.78 is 13.9. The van der Waals surface area contributed by atoms with Crippen molar-refractivity contribution in [2.24, 2.45) is 0 Å². The van der Waals surface area contributed by atoms with Gasteiger partial charge in [-0.3, -0.25) is 9.59 Å². The molecule has 2 aromatic rings. The van der Waals surface area contributed by atoms with Gasteiger partial charge >= 0.3 is 0 Å². The minimum Gasteiger partial charge on any atom is -0.378 e. The molecule has 0 spiro atoms. The van der Waals surface area contributed by atoms with E-state index in [-0.39, 0.29) is 23.0 Å². The van der Waals surface area contributed by atoms with Crippen molar-refractivity contribution in [3.63, 3.8) is 0 Å². The maximum atomic E-state index is 13.9. The highest BCUT2D eigenvalue weighted by Gasteiger charge is 2.25. The number of amides is 2. The molecule has 3 rings (SSSR count). The fourth-order valence-corrected chi connectivity index (χ4v) is 2.90. The number of piperazine rings is 1. The van der Waals surface area contributed by atoms with Crippen molar-refractivity contribution in [1.82, 2.24) is 5.32 Å². The first-order chi connectivity index (χ1) is 12.5. The van der Waals surface area contributed by atoms with Crippen LogP contribution in [0.2, 0.25) is 5.02 Å². The first-order valence-electron chi connectivity index (χ1n) is 8.01. The van der Waals surface area contributed by atoms with E-state index in [0.717, 1.165) is 6.07 Å². The van der Waals surface area contributed by atoms with Gasteiger partial charge in [0.1, 0.15) is 5.82 Å². The first kappa shape index (κ1) is 18.3. The van der Waals surface area contributed by atoms with Gasteiger partial charge in [-0.25, -0.2) is 4.39 Å². The van der Waals surface area contributed by atoms with E-state index >= 15 is 0 Å². The van der Waals surface area contributed by atoms with Crippen LogP contribution in [0.5, 0.6) is 0 Å².